The summed E-state index contributed by atoms with van der Waals surface area (Å²) in [6, 6.07) is 6.28. The number of carbonyl (C=O) groups excluding carboxylic acids is 2. The smallest absolute Gasteiger partial charge is 0.461 e. The highest BCUT2D eigenvalue weighted by Crippen LogP contribution is 2.54. The van der Waals surface area contributed by atoms with E-state index in [9.17, 15) is 27.2 Å². The Morgan fingerprint density at radius 3 is 2.44 bits per heavy atom. The number of benzene rings is 1. The van der Waals surface area contributed by atoms with E-state index >= 15 is 0 Å². The standard InChI is InChI=1S/C16H10F4O4S/c17-15(18)16(19,20)25-14-8-9(3-6-13(14)24-15)10(21)4-5-11(22)12-2-1-7-23-12/h1-3,6-8H,4-5H2. The van der Waals surface area contributed by atoms with E-state index in [1.54, 1.807) is 0 Å². The maximum absolute atomic E-state index is 13.4. The van der Waals surface area contributed by atoms with Crippen LogP contribution < -0.4 is 4.74 Å². The van der Waals surface area contributed by atoms with Crippen molar-refractivity contribution in [2.24, 2.45) is 0 Å². The number of Topliss-reactive ketones (excluding diaryl/α,β-unsaturated/α-hetero) is 2. The molecule has 0 N–H and O–H groups in total. The molecule has 0 saturated heterocycles. The first-order chi connectivity index (χ1) is 11.7. The Labute approximate surface area is 143 Å². The number of halogens is 4. The predicted octanol–water partition coefficient (Wildman–Crippen LogP) is 4.80. The second-order valence-electron chi connectivity index (χ2n) is 5.22. The molecular weight excluding hydrogens is 364 g/mol. The van der Waals surface area contributed by atoms with Gasteiger partial charge in [-0.25, -0.2) is 0 Å². The van der Waals surface area contributed by atoms with Crippen LogP contribution in [0, 0.1) is 0 Å². The first-order valence-corrected chi connectivity index (χ1v) is 7.89. The molecule has 0 aliphatic carbocycles. The van der Waals surface area contributed by atoms with Gasteiger partial charge in [0.2, 0.25) is 0 Å². The first kappa shape index (κ1) is 17.5. The molecule has 0 radical (unpaired) electrons. The Balaban J connectivity index is 1.72. The average Bonchev–Trinajstić information content (AvgIpc) is 3.07. The fourth-order valence-electron chi connectivity index (χ4n) is 2.17. The minimum atomic E-state index is -4.63. The van der Waals surface area contributed by atoms with Gasteiger partial charge in [0.05, 0.1) is 11.2 Å². The van der Waals surface area contributed by atoms with Crippen LogP contribution in [-0.4, -0.2) is 22.9 Å². The van der Waals surface area contributed by atoms with Gasteiger partial charge in [-0.3, -0.25) is 9.59 Å². The fourth-order valence-corrected chi connectivity index (χ4v) is 3.01. The van der Waals surface area contributed by atoms with Crippen molar-refractivity contribution in [1.29, 1.82) is 0 Å². The van der Waals surface area contributed by atoms with Crippen molar-refractivity contribution in [1.82, 2.24) is 0 Å². The molecule has 0 bridgehead atoms. The second kappa shape index (κ2) is 6.21. The molecule has 1 aromatic heterocycles. The largest absolute Gasteiger partial charge is 0.475 e. The van der Waals surface area contributed by atoms with E-state index in [1.165, 1.54) is 24.5 Å². The molecule has 0 atom stereocenters. The first-order valence-electron chi connectivity index (χ1n) is 7.07. The van der Waals surface area contributed by atoms with Gasteiger partial charge in [0.25, 0.3) is 0 Å². The van der Waals surface area contributed by atoms with Gasteiger partial charge >= 0.3 is 11.4 Å². The molecule has 0 amide bonds. The van der Waals surface area contributed by atoms with Gasteiger partial charge in [0.1, 0.15) is 5.75 Å². The summed E-state index contributed by atoms with van der Waals surface area (Å²) in [6.07, 6.45) is -3.60. The van der Waals surface area contributed by atoms with Crippen LogP contribution in [0.3, 0.4) is 0 Å². The van der Waals surface area contributed by atoms with Crippen LogP contribution in [0.2, 0.25) is 0 Å². The number of rotatable bonds is 5. The summed E-state index contributed by atoms with van der Waals surface area (Å²) in [5.74, 6) is -1.17. The third-order valence-electron chi connectivity index (χ3n) is 3.46. The van der Waals surface area contributed by atoms with Gasteiger partial charge in [-0.05, 0) is 42.1 Å². The molecule has 1 aromatic carbocycles. The van der Waals surface area contributed by atoms with Gasteiger partial charge in [0.15, 0.2) is 17.3 Å². The Morgan fingerprint density at radius 2 is 1.76 bits per heavy atom. The predicted molar refractivity (Wildman–Crippen MR) is 79.4 cm³/mol. The molecule has 0 saturated carbocycles. The molecule has 25 heavy (non-hydrogen) atoms. The van der Waals surface area contributed by atoms with Crippen LogP contribution in [-0.2, 0) is 0 Å². The molecule has 2 heterocycles. The molecule has 0 unspecified atom stereocenters. The van der Waals surface area contributed by atoms with Crippen molar-refractivity contribution in [3.8, 4) is 5.75 Å². The summed E-state index contributed by atoms with van der Waals surface area (Å²) < 4.78 is 62.0. The van der Waals surface area contributed by atoms with Crippen molar-refractivity contribution >= 4 is 23.3 Å². The second-order valence-corrected chi connectivity index (χ2v) is 6.38. The molecule has 1 aliphatic heterocycles. The lowest BCUT2D eigenvalue weighted by atomic mass is 10.0. The molecule has 2 aromatic rings. The van der Waals surface area contributed by atoms with Crippen molar-refractivity contribution in [3.05, 3.63) is 47.9 Å². The average molecular weight is 374 g/mol. The maximum Gasteiger partial charge on any atom is 0.475 e. The molecule has 3 rings (SSSR count). The number of fused-ring (bicyclic) bond motifs is 1. The van der Waals surface area contributed by atoms with E-state index in [0.29, 0.717) is 0 Å². The number of furan rings is 1. The van der Waals surface area contributed by atoms with E-state index in [-0.39, 0.29) is 46.6 Å². The zero-order chi connectivity index (χ0) is 18.2. The molecule has 1 aliphatic rings. The fraction of sp³-hybridized carbons (Fsp3) is 0.250. The van der Waals surface area contributed by atoms with Crippen LogP contribution in [0.1, 0.15) is 33.8 Å². The van der Waals surface area contributed by atoms with E-state index in [1.807, 2.05) is 0 Å². The van der Waals surface area contributed by atoms with E-state index in [0.717, 1.165) is 12.1 Å². The van der Waals surface area contributed by atoms with Gasteiger partial charge in [-0.2, -0.15) is 17.6 Å². The molecule has 9 heteroatoms. The highest BCUT2D eigenvalue weighted by atomic mass is 32.2. The lowest BCUT2D eigenvalue weighted by molar-refractivity contribution is -0.273. The highest BCUT2D eigenvalue weighted by molar-refractivity contribution is 8.00. The Kier molecular flexibility index (Phi) is 4.36. The zero-order valence-corrected chi connectivity index (χ0v) is 13.2. The summed E-state index contributed by atoms with van der Waals surface area (Å²) in [6.45, 7) is 0. The van der Waals surface area contributed by atoms with Crippen molar-refractivity contribution in [3.63, 3.8) is 0 Å². The number of ketones is 2. The highest BCUT2D eigenvalue weighted by Gasteiger charge is 2.63. The minimum Gasteiger partial charge on any atom is -0.461 e. The summed E-state index contributed by atoms with van der Waals surface area (Å²) in [5, 5.41) is -4.45. The van der Waals surface area contributed by atoms with Crippen molar-refractivity contribution < 1.29 is 36.3 Å². The summed E-state index contributed by atoms with van der Waals surface area (Å²) in [5.41, 5.74) is 0.0307. The number of hydrogen-bond acceptors (Lipinski definition) is 5. The van der Waals surface area contributed by atoms with Gasteiger partial charge in [-0.15, -0.1) is 0 Å². The molecule has 0 fully saturated rings. The monoisotopic (exact) mass is 374 g/mol. The van der Waals surface area contributed by atoms with Crippen LogP contribution in [0.5, 0.6) is 5.75 Å². The maximum atomic E-state index is 13.4. The quantitative estimate of drug-likeness (QED) is 0.556. The summed E-state index contributed by atoms with van der Waals surface area (Å²) in [4.78, 5) is 23.6. The molecule has 132 valence electrons. The van der Waals surface area contributed by atoms with E-state index < -0.39 is 22.9 Å². The van der Waals surface area contributed by atoms with Crippen LogP contribution >= 0.6 is 11.8 Å². The Bertz CT molecular complexity index is 818. The summed E-state index contributed by atoms with van der Waals surface area (Å²) >= 11 is -0.367. The van der Waals surface area contributed by atoms with Crippen LogP contribution in [0.25, 0.3) is 0 Å². The van der Waals surface area contributed by atoms with Gasteiger partial charge < -0.3 is 9.15 Å². The van der Waals surface area contributed by atoms with Gasteiger partial charge in [-0.1, -0.05) is 0 Å². The molecular formula is C16H10F4O4S. The number of alkyl halides is 4. The van der Waals surface area contributed by atoms with Crippen molar-refractivity contribution in [2.75, 3.05) is 0 Å². The lowest BCUT2D eigenvalue weighted by Gasteiger charge is -2.31. The van der Waals surface area contributed by atoms with Crippen molar-refractivity contribution in [2.45, 2.75) is 29.1 Å². The summed E-state index contributed by atoms with van der Waals surface area (Å²) in [7, 11) is 0. The third kappa shape index (κ3) is 3.41. The number of hydrogen-bond donors (Lipinski definition) is 0. The number of carbonyl (C=O) groups is 2. The number of thioether (sulfide) groups is 1. The van der Waals surface area contributed by atoms with E-state index in [4.69, 9.17) is 4.42 Å². The Morgan fingerprint density at radius 1 is 1.04 bits per heavy atom. The Hall–Kier alpha value is -2.29. The SMILES string of the molecule is O=C(CCC(=O)c1ccco1)c1ccc2c(c1)SC(F)(F)C(F)(F)O2. The van der Waals surface area contributed by atoms with Crippen LogP contribution in [0.4, 0.5) is 17.6 Å². The van der Waals surface area contributed by atoms with Crippen LogP contribution in [0.15, 0.2) is 45.9 Å². The minimum absolute atomic E-state index is 0.0307. The molecule has 4 nitrogen and oxygen atoms in total. The topological polar surface area (TPSA) is 56.5 Å². The third-order valence-corrected chi connectivity index (χ3v) is 4.49. The zero-order valence-electron chi connectivity index (χ0n) is 12.4. The van der Waals surface area contributed by atoms with Gasteiger partial charge in [0, 0.05) is 18.4 Å². The number of ether oxygens (including phenoxy) is 1. The van der Waals surface area contributed by atoms with E-state index in [2.05, 4.69) is 4.74 Å². The normalized spacial score (nSPS) is 17.4. The lowest BCUT2D eigenvalue weighted by Crippen LogP contribution is -2.45. The molecule has 0 spiro atoms.